The summed E-state index contributed by atoms with van der Waals surface area (Å²) in [5.41, 5.74) is 0.597. The molecular weight excluding hydrogens is 264 g/mol. The van der Waals surface area contributed by atoms with E-state index in [-0.39, 0.29) is 30.6 Å². The summed E-state index contributed by atoms with van der Waals surface area (Å²) in [5, 5.41) is 6.70. The molecule has 19 heavy (non-hydrogen) atoms. The van der Waals surface area contributed by atoms with E-state index in [0.29, 0.717) is 10.6 Å². The number of halogens is 1. The Bertz CT molecular complexity index is 453. The summed E-state index contributed by atoms with van der Waals surface area (Å²) in [4.78, 5) is 23.5. The molecule has 2 rings (SSSR count). The van der Waals surface area contributed by atoms with E-state index >= 15 is 0 Å². The summed E-state index contributed by atoms with van der Waals surface area (Å²) in [5.74, 6) is -0.0904. The molecule has 1 amide bonds. The molecule has 1 aromatic rings. The van der Waals surface area contributed by atoms with Gasteiger partial charge < -0.3 is 10.6 Å². The molecule has 2 N–H and O–H groups in total. The lowest BCUT2D eigenvalue weighted by Gasteiger charge is -2.10. The number of rotatable bonds is 5. The smallest absolute Gasteiger partial charge is 0.220 e. The van der Waals surface area contributed by atoms with Crippen LogP contribution in [-0.2, 0) is 4.79 Å². The van der Waals surface area contributed by atoms with Gasteiger partial charge in [-0.25, -0.2) is 0 Å². The molecule has 5 heteroatoms. The van der Waals surface area contributed by atoms with E-state index in [4.69, 9.17) is 11.6 Å². The van der Waals surface area contributed by atoms with Crippen LogP contribution in [0.15, 0.2) is 24.3 Å². The van der Waals surface area contributed by atoms with E-state index in [0.717, 1.165) is 19.5 Å². The Labute approximate surface area is 117 Å². The number of carbonyl (C=O) groups excluding carboxylic acids is 2. The quantitative estimate of drug-likeness (QED) is 0.809. The molecule has 0 spiro atoms. The van der Waals surface area contributed by atoms with Crippen molar-refractivity contribution < 1.29 is 9.59 Å². The zero-order valence-electron chi connectivity index (χ0n) is 10.6. The normalized spacial score (nSPS) is 18.3. The summed E-state index contributed by atoms with van der Waals surface area (Å²) in [6.07, 6.45) is 1.42. The maximum absolute atomic E-state index is 11.9. The van der Waals surface area contributed by atoms with Crippen molar-refractivity contribution in [3.63, 3.8) is 0 Å². The van der Waals surface area contributed by atoms with Gasteiger partial charge in [0.25, 0.3) is 0 Å². The molecule has 0 bridgehead atoms. The summed E-state index contributed by atoms with van der Waals surface area (Å²) in [6, 6.07) is 6.93. The third kappa shape index (κ3) is 4.33. The van der Waals surface area contributed by atoms with Crippen molar-refractivity contribution in [3.05, 3.63) is 34.9 Å². The first-order chi connectivity index (χ1) is 9.15. The monoisotopic (exact) mass is 280 g/mol. The van der Waals surface area contributed by atoms with Crippen LogP contribution in [0.5, 0.6) is 0 Å². The van der Waals surface area contributed by atoms with Crippen molar-refractivity contribution in [3.8, 4) is 0 Å². The highest BCUT2D eigenvalue weighted by Crippen LogP contribution is 2.12. The zero-order chi connectivity index (χ0) is 13.7. The van der Waals surface area contributed by atoms with E-state index in [1.165, 1.54) is 0 Å². The average Bonchev–Trinajstić information content (AvgIpc) is 2.89. The van der Waals surface area contributed by atoms with Crippen LogP contribution in [0, 0.1) is 0 Å². The maximum atomic E-state index is 11.9. The van der Waals surface area contributed by atoms with Gasteiger partial charge >= 0.3 is 0 Å². The lowest BCUT2D eigenvalue weighted by Crippen LogP contribution is -2.36. The van der Waals surface area contributed by atoms with Gasteiger partial charge in [-0.2, -0.15) is 0 Å². The van der Waals surface area contributed by atoms with Gasteiger partial charge in [0.2, 0.25) is 5.91 Å². The van der Waals surface area contributed by atoms with Crippen LogP contribution in [0.25, 0.3) is 0 Å². The molecule has 1 unspecified atom stereocenters. The van der Waals surface area contributed by atoms with E-state index < -0.39 is 0 Å². The molecule has 1 aliphatic rings. The van der Waals surface area contributed by atoms with Gasteiger partial charge in [-0.05, 0) is 37.2 Å². The number of amides is 1. The summed E-state index contributed by atoms with van der Waals surface area (Å²) in [6.45, 7) is 1.76. The fourth-order valence-electron chi connectivity index (χ4n) is 2.08. The average molecular weight is 281 g/mol. The van der Waals surface area contributed by atoms with Crippen LogP contribution < -0.4 is 10.6 Å². The summed E-state index contributed by atoms with van der Waals surface area (Å²) < 4.78 is 0. The second-order valence-electron chi connectivity index (χ2n) is 4.69. The highest BCUT2D eigenvalue weighted by atomic mass is 35.5. The minimum atomic E-state index is -0.0592. The highest BCUT2D eigenvalue weighted by Gasteiger charge is 2.17. The third-order valence-electron chi connectivity index (χ3n) is 3.17. The number of hydrogen-bond acceptors (Lipinski definition) is 3. The molecule has 1 aromatic carbocycles. The van der Waals surface area contributed by atoms with E-state index in [2.05, 4.69) is 10.6 Å². The van der Waals surface area contributed by atoms with Crippen molar-refractivity contribution in [1.82, 2.24) is 10.6 Å². The van der Waals surface area contributed by atoms with Crippen molar-refractivity contribution in [2.75, 3.05) is 13.1 Å². The van der Waals surface area contributed by atoms with Gasteiger partial charge in [-0.3, -0.25) is 9.59 Å². The van der Waals surface area contributed by atoms with Gasteiger partial charge in [-0.15, -0.1) is 0 Å². The first-order valence-corrected chi connectivity index (χ1v) is 6.82. The number of Topliss-reactive ketones (excluding diaryl/α,β-unsaturated/α-hetero) is 1. The topological polar surface area (TPSA) is 58.2 Å². The number of ketones is 1. The standard InChI is InChI=1S/C14H17ClN2O2/c15-11-3-1-10(2-4-11)13(18)5-6-14(19)17-12-7-8-16-9-12/h1-4,12,16H,5-9H2,(H,17,19). The molecule has 102 valence electrons. The minimum absolute atomic E-state index is 0.0311. The van der Waals surface area contributed by atoms with Crippen LogP contribution in [0.2, 0.25) is 5.02 Å². The predicted octanol–water partition coefficient (Wildman–Crippen LogP) is 1.78. The Morgan fingerprint density at radius 1 is 1.26 bits per heavy atom. The molecule has 1 atom stereocenters. The van der Waals surface area contributed by atoms with Crippen LogP contribution in [0.1, 0.15) is 29.6 Å². The van der Waals surface area contributed by atoms with Gasteiger partial charge in [-0.1, -0.05) is 11.6 Å². The molecule has 0 radical (unpaired) electrons. The summed E-state index contributed by atoms with van der Waals surface area (Å²) >= 11 is 5.76. The Hall–Kier alpha value is -1.39. The lowest BCUT2D eigenvalue weighted by molar-refractivity contribution is -0.121. The summed E-state index contributed by atoms with van der Waals surface area (Å²) in [7, 11) is 0. The van der Waals surface area contributed by atoms with E-state index in [1.807, 2.05) is 0 Å². The van der Waals surface area contributed by atoms with Crippen LogP contribution >= 0.6 is 11.6 Å². The first-order valence-electron chi connectivity index (χ1n) is 6.44. The Balaban J connectivity index is 1.76. The molecule has 0 saturated carbocycles. The van der Waals surface area contributed by atoms with Gasteiger partial charge in [0.1, 0.15) is 0 Å². The molecule has 1 aliphatic heterocycles. The Morgan fingerprint density at radius 3 is 2.63 bits per heavy atom. The predicted molar refractivity (Wildman–Crippen MR) is 74.4 cm³/mol. The second kappa shape index (κ2) is 6.68. The largest absolute Gasteiger partial charge is 0.352 e. The van der Waals surface area contributed by atoms with Crippen molar-refractivity contribution in [2.24, 2.45) is 0 Å². The molecule has 1 saturated heterocycles. The van der Waals surface area contributed by atoms with E-state index in [9.17, 15) is 9.59 Å². The molecule has 0 aromatic heterocycles. The minimum Gasteiger partial charge on any atom is -0.352 e. The fourth-order valence-corrected chi connectivity index (χ4v) is 2.21. The van der Waals surface area contributed by atoms with E-state index in [1.54, 1.807) is 24.3 Å². The Morgan fingerprint density at radius 2 is 2.00 bits per heavy atom. The van der Waals surface area contributed by atoms with Crippen LogP contribution in [0.3, 0.4) is 0 Å². The van der Waals surface area contributed by atoms with Crippen LogP contribution in [0.4, 0.5) is 0 Å². The van der Waals surface area contributed by atoms with Gasteiger partial charge in [0.05, 0.1) is 0 Å². The van der Waals surface area contributed by atoms with Crippen LogP contribution in [-0.4, -0.2) is 30.8 Å². The molecule has 0 aliphatic carbocycles. The molecule has 1 heterocycles. The molecular formula is C14H17ClN2O2. The fraction of sp³-hybridized carbons (Fsp3) is 0.429. The number of nitrogens with one attached hydrogen (secondary N) is 2. The molecule has 1 fully saturated rings. The second-order valence-corrected chi connectivity index (χ2v) is 5.12. The van der Waals surface area contributed by atoms with Crippen molar-refractivity contribution >= 4 is 23.3 Å². The first kappa shape index (κ1) is 14.0. The van der Waals surface area contributed by atoms with Crippen molar-refractivity contribution in [2.45, 2.75) is 25.3 Å². The van der Waals surface area contributed by atoms with Gasteiger partial charge in [0, 0.05) is 36.0 Å². The SMILES string of the molecule is O=C(CCC(=O)c1ccc(Cl)cc1)NC1CCNC1. The highest BCUT2D eigenvalue weighted by molar-refractivity contribution is 6.30. The number of benzene rings is 1. The maximum Gasteiger partial charge on any atom is 0.220 e. The third-order valence-corrected chi connectivity index (χ3v) is 3.42. The Kier molecular flexibility index (Phi) is 4.93. The van der Waals surface area contributed by atoms with Crippen molar-refractivity contribution in [1.29, 1.82) is 0 Å². The molecule has 4 nitrogen and oxygen atoms in total. The number of hydrogen-bond donors (Lipinski definition) is 2. The lowest BCUT2D eigenvalue weighted by atomic mass is 10.1. The number of carbonyl (C=O) groups is 2. The van der Waals surface area contributed by atoms with Gasteiger partial charge in [0.15, 0.2) is 5.78 Å². The zero-order valence-corrected chi connectivity index (χ0v) is 11.4.